The molecule has 0 aliphatic carbocycles. The predicted octanol–water partition coefficient (Wildman–Crippen LogP) is 6.19. The molecule has 4 N–H and O–H groups in total. The standard InChI is InChI=1S/C36H45N5O7/c1-36(2,3)48-35(45)37-22-31-38-28-15-12-14-26(32(28)40-31)33(43)39-27-18-17-24(21-30(27)46-5)34(44)41(4)29-16-9-8-13-25(29)23-47-20-11-7-6-10-19-42/h8-9,12-18,21,42H,6-7,10-11,19-20,22-23H2,1-5H3,(H,37,45)(H,38,40)(H,39,43). The highest BCUT2D eigenvalue weighted by Gasteiger charge is 2.21. The summed E-state index contributed by atoms with van der Waals surface area (Å²) in [7, 11) is 3.18. The molecule has 0 fully saturated rings. The Morgan fingerprint density at radius 2 is 1.75 bits per heavy atom. The number of methoxy groups -OCH3 is 1. The Morgan fingerprint density at radius 3 is 2.50 bits per heavy atom. The van der Waals surface area contributed by atoms with Gasteiger partial charge in [0.1, 0.15) is 22.7 Å². The highest BCUT2D eigenvalue weighted by molar-refractivity contribution is 6.12. The van der Waals surface area contributed by atoms with Gasteiger partial charge in [-0.15, -0.1) is 0 Å². The maximum absolute atomic E-state index is 13.6. The molecule has 0 aliphatic rings. The Morgan fingerprint density at radius 1 is 0.979 bits per heavy atom. The van der Waals surface area contributed by atoms with Gasteiger partial charge in [-0.25, -0.2) is 9.78 Å². The van der Waals surface area contributed by atoms with E-state index in [2.05, 4.69) is 20.6 Å². The Kier molecular flexibility index (Phi) is 12.5. The second-order valence-corrected chi connectivity index (χ2v) is 12.3. The molecule has 3 amide bonds. The van der Waals surface area contributed by atoms with Gasteiger partial charge in [0.25, 0.3) is 11.8 Å². The quantitative estimate of drug-likeness (QED) is 0.110. The van der Waals surface area contributed by atoms with E-state index in [1.165, 1.54) is 7.11 Å². The van der Waals surface area contributed by atoms with Crippen molar-refractivity contribution < 1.29 is 33.7 Å². The molecule has 0 aliphatic heterocycles. The molecule has 0 spiro atoms. The second-order valence-electron chi connectivity index (χ2n) is 12.3. The molecular formula is C36H45N5O7. The van der Waals surface area contributed by atoms with E-state index in [1.54, 1.807) is 69.1 Å². The third-order valence-electron chi connectivity index (χ3n) is 7.41. The van der Waals surface area contributed by atoms with Gasteiger partial charge in [-0.05, 0) is 70.0 Å². The number of H-pyrrole nitrogens is 1. The first-order valence-electron chi connectivity index (χ1n) is 16.0. The molecule has 0 saturated heterocycles. The van der Waals surface area contributed by atoms with Crippen molar-refractivity contribution in [3.63, 3.8) is 0 Å². The molecule has 0 atom stereocenters. The van der Waals surface area contributed by atoms with E-state index >= 15 is 0 Å². The van der Waals surface area contributed by atoms with Crippen molar-refractivity contribution in [3.05, 3.63) is 83.2 Å². The van der Waals surface area contributed by atoms with Gasteiger partial charge in [0, 0.05) is 37.1 Å². The van der Waals surface area contributed by atoms with Crippen LogP contribution in [0.25, 0.3) is 11.0 Å². The Balaban J connectivity index is 1.43. The number of amides is 3. The molecule has 12 nitrogen and oxygen atoms in total. The molecule has 0 unspecified atom stereocenters. The third-order valence-corrected chi connectivity index (χ3v) is 7.41. The topological polar surface area (TPSA) is 155 Å². The molecule has 256 valence electrons. The number of nitrogens with one attached hydrogen (secondary N) is 3. The fourth-order valence-electron chi connectivity index (χ4n) is 5.05. The van der Waals surface area contributed by atoms with E-state index in [9.17, 15) is 14.4 Å². The minimum Gasteiger partial charge on any atom is -0.495 e. The van der Waals surface area contributed by atoms with Crippen LogP contribution in [0.15, 0.2) is 60.7 Å². The monoisotopic (exact) mass is 659 g/mol. The summed E-state index contributed by atoms with van der Waals surface area (Å²) in [5, 5.41) is 14.5. The van der Waals surface area contributed by atoms with Gasteiger partial charge in [-0.1, -0.05) is 37.1 Å². The summed E-state index contributed by atoms with van der Waals surface area (Å²) in [4.78, 5) is 48.3. The number of benzene rings is 3. The summed E-state index contributed by atoms with van der Waals surface area (Å²) >= 11 is 0. The fraction of sp³-hybridized carbons (Fsp3) is 0.389. The van der Waals surface area contributed by atoms with Crippen LogP contribution < -0.4 is 20.3 Å². The lowest BCUT2D eigenvalue weighted by molar-refractivity contribution is 0.0522. The first kappa shape index (κ1) is 35.9. The average Bonchev–Trinajstić information content (AvgIpc) is 3.49. The number of carbonyl (C=O) groups excluding carboxylic acids is 3. The minimum atomic E-state index is -0.631. The van der Waals surface area contributed by atoms with Crippen LogP contribution in [0.1, 0.15) is 78.6 Å². The zero-order valence-corrected chi connectivity index (χ0v) is 28.2. The molecule has 0 saturated carbocycles. The smallest absolute Gasteiger partial charge is 0.408 e. The van der Waals surface area contributed by atoms with Gasteiger partial charge in [-0.2, -0.15) is 0 Å². The number of unbranched alkanes of at least 4 members (excludes halogenated alkanes) is 3. The zero-order chi connectivity index (χ0) is 34.7. The van der Waals surface area contributed by atoms with Gasteiger partial charge in [0.05, 0.1) is 37.0 Å². The lowest BCUT2D eigenvalue weighted by atomic mass is 10.1. The van der Waals surface area contributed by atoms with Crippen molar-refractivity contribution in [2.75, 3.05) is 37.6 Å². The van der Waals surface area contributed by atoms with Gasteiger partial charge >= 0.3 is 6.09 Å². The highest BCUT2D eigenvalue weighted by atomic mass is 16.6. The molecule has 0 bridgehead atoms. The van der Waals surface area contributed by atoms with Crippen LogP contribution >= 0.6 is 0 Å². The Bertz CT molecular complexity index is 1710. The summed E-state index contributed by atoms with van der Waals surface area (Å²) < 4.78 is 16.7. The van der Waals surface area contributed by atoms with Gasteiger partial charge in [0.15, 0.2) is 0 Å². The van der Waals surface area contributed by atoms with E-state index in [-0.39, 0.29) is 19.1 Å². The number of ether oxygens (including phenoxy) is 3. The van der Waals surface area contributed by atoms with E-state index in [4.69, 9.17) is 19.3 Å². The van der Waals surface area contributed by atoms with Crippen LogP contribution in [0.5, 0.6) is 5.75 Å². The van der Waals surface area contributed by atoms with Crippen LogP contribution in [0, 0.1) is 0 Å². The molecule has 48 heavy (non-hydrogen) atoms. The third kappa shape index (κ3) is 9.79. The van der Waals surface area contributed by atoms with E-state index in [0.717, 1.165) is 36.9 Å². The summed E-state index contributed by atoms with van der Waals surface area (Å²) in [6.45, 7) is 6.60. The average molecular weight is 660 g/mol. The SMILES string of the molecule is COc1cc(C(=O)N(C)c2ccccc2COCCCCCCO)ccc1NC(=O)c1cccc2[nH]c(CNC(=O)OC(C)(C)C)nc12. The maximum atomic E-state index is 13.6. The first-order chi connectivity index (χ1) is 23.0. The number of aliphatic hydroxyl groups excluding tert-OH is 1. The van der Waals surface area contributed by atoms with E-state index < -0.39 is 17.6 Å². The lowest BCUT2D eigenvalue weighted by Crippen LogP contribution is -2.32. The summed E-state index contributed by atoms with van der Waals surface area (Å²) in [6, 6.07) is 17.6. The second kappa shape index (κ2) is 16.8. The number of nitrogens with zero attached hydrogens (tertiary/aromatic N) is 2. The van der Waals surface area contributed by atoms with E-state index in [1.807, 2.05) is 24.3 Å². The summed E-state index contributed by atoms with van der Waals surface area (Å²) in [5.41, 5.74) is 3.13. The molecule has 4 rings (SSSR count). The lowest BCUT2D eigenvalue weighted by Gasteiger charge is -2.21. The molecular weight excluding hydrogens is 614 g/mol. The Labute approximate surface area is 280 Å². The number of imidazole rings is 1. The van der Waals surface area contributed by atoms with Gasteiger partial charge in [-0.3, -0.25) is 9.59 Å². The number of rotatable bonds is 15. The van der Waals surface area contributed by atoms with Crippen LogP contribution in [-0.2, 0) is 22.6 Å². The maximum Gasteiger partial charge on any atom is 0.408 e. The summed E-state index contributed by atoms with van der Waals surface area (Å²) in [6.07, 6.45) is 3.10. The van der Waals surface area contributed by atoms with Crippen LogP contribution in [0.2, 0.25) is 0 Å². The van der Waals surface area contributed by atoms with Crippen LogP contribution in [-0.4, -0.2) is 66.0 Å². The molecule has 4 aromatic rings. The minimum absolute atomic E-state index is 0.0893. The number of anilines is 2. The normalized spacial score (nSPS) is 11.3. The number of aromatic amines is 1. The van der Waals surface area contributed by atoms with E-state index in [0.29, 0.717) is 52.6 Å². The number of fused-ring (bicyclic) bond motifs is 1. The van der Waals surface area contributed by atoms with Crippen molar-refractivity contribution in [2.24, 2.45) is 0 Å². The summed E-state index contributed by atoms with van der Waals surface area (Å²) in [5.74, 6) is 0.104. The molecule has 3 aromatic carbocycles. The Hall–Kier alpha value is -4.94. The number of para-hydroxylation sites is 2. The fourth-order valence-corrected chi connectivity index (χ4v) is 5.05. The van der Waals surface area contributed by atoms with Gasteiger partial charge < -0.3 is 39.8 Å². The molecule has 1 heterocycles. The number of alkyl carbamates (subject to hydrolysis) is 1. The van der Waals surface area contributed by atoms with Crippen LogP contribution in [0.3, 0.4) is 0 Å². The number of aromatic nitrogens is 2. The molecule has 12 heteroatoms. The highest BCUT2D eigenvalue weighted by Crippen LogP contribution is 2.29. The first-order valence-corrected chi connectivity index (χ1v) is 16.0. The van der Waals surface area contributed by atoms with Crippen molar-refractivity contribution in [2.45, 2.75) is 65.2 Å². The predicted molar refractivity (Wildman–Crippen MR) is 184 cm³/mol. The van der Waals surface area contributed by atoms with Crippen molar-refractivity contribution in [1.29, 1.82) is 0 Å². The number of hydrogen-bond acceptors (Lipinski definition) is 8. The zero-order valence-electron chi connectivity index (χ0n) is 28.2. The van der Waals surface area contributed by atoms with Gasteiger partial charge in [0.2, 0.25) is 0 Å². The molecule has 0 radical (unpaired) electrons. The van der Waals surface area contributed by atoms with Crippen LogP contribution in [0.4, 0.5) is 16.2 Å². The number of carbonyl (C=O) groups is 3. The van der Waals surface area contributed by atoms with Crippen molar-refractivity contribution in [1.82, 2.24) is 15.3 Å². The van der Waals surface area contributed by atoms with Crippen molar-refractivity contribution >= 4 is 40.3 Å². The largest absolute Gasteiger partial charge is 0.495 e. The number of aliphatic hydroxyl groups is 1. The van der Waals surface area contributed by atoms with Crippen molar-refractivity contribution in [3.8, 4) is 5.75 Å². The number of hydrogen-bond donors (Lipinski definition) is 4. The molecule has 1 aromatic heterocycles.